The summed E-state index contributed by atoms with van der Waals surface area (Å²) in [6.07, 6.45) is 0. The molecular formula is C17H15ClF2N2O2. The van der Waals surface area contributed by atoms with Gasteiger partial charge in [-0.25, -0.2) is 8.78 Å². The number of anilines is 2. The molecule has 0 heterocycles. The summed E-state index contributed by atoms with van der Waals surface area (Å²) < 4.78 is 26.5. The van der Waals surface area contributed by atoms with E-state index in [0.29, 0.717) is 16.8 Å². The number of hydrogen-bond donors (Lipinski definition) is 1. The minimum absolute atomic E-state index is 0.155. The fraction of sp³-hybridized carbons (Fsp3) is 0.176. The van der Waals surface area contributed by atoms with E-state index >= 15 is 0 Å². The highest BCUT2D eigenvalue weighted by molar-refractivity contribution is 6.30. The Morgan fingerprint density at radius 2 is 1.88 bits per heavy atom. The average molecular weight is 353 g/mol. The van der Waals surface area contributed by atoms with E-state index in [9.17, 15) is 18.4 Å². The van der Waals surface area contributed by atoms with E-state index in [0.717, 1.165) is 17.7 Å². The Morgan fingerprint density at radius 3 is 2.46 bits per heavy atom. The summed E-state index contributed by atoms with van der Waals surface area (Å²) in [7, 11) is 0. The van der Waals surface area contributed by atoms with Crippen LogP contribution in [0.5, 0.6) is 0 Å². The third-order valence-corrected chi connectivity index (χ3v) is 3.57. The van der Waals surface area contributed by atoms with Gasteiger partial charge in [0.15, 0.2) is 0 Å². The molecule has 0 unspecified atom stereocenters. The molecule has 24 heavy (non-hydrogen) atoms. The smallest absolute Gasteiger partial charge is 0.244 e. The van der Waals surface area contributed by atoms with Crippen molar-refractivity contribution in [2.24, 2.45) is 0 Å². The van der Waals surface area contributed by atoms with Crippen LogP contribution in [0.2, 0.25) is 5.02 Å². The van der Waals surface area contributed by atoms with Crippen LogP contribution in [-0.2, 0) is 9.59 Å². The summed E-state index contributed by atoms with van der Waals surface area (Å²) in [5.41, 5.74) is 1.10. The van der Waals surface area contributed by atoms with E-state index in [1.807, 2.05) is 0 Å². The first kappa shape index (κ1) is 17.9. The zero-order valence-electron chi connectivity index (χ0n) is 13.1. The molecule has 4 nitrogen and oxygen atoms in total. The average Bonchev–Trinajstić information content (AvgIpc) is 2.48. The molecule has 0 saturated carbocycles. The molecule has 1 N–H and O–H groups in total. The molecule has 126 valence electrons. The Bertz CT molecular complexity index is 796. The van der Waals surface area contributed by atoms with Gasteiger partial charge in [0.1, 0.15) is 18.2 Å². The van der Waals surface area contributed by atoms with Crippen LogP contribution in [0.15, 0.2) is 36.4 Å². The number of amides is 2. The van der Waals surface area contributed by atoms with Crippen molar-refractivity contribution in [2.75, 3.05) is 16.8 Å². The van der Waals surface area contributed by atoms with Gasteiger partial charge in [-0.15, -0.1) is 0 Å². The lowest BCUT2D eigenvalue weighted by Gasteiger charge is -2.22. The normalized spacial score (nSPS) is 10.4. The SMILES string of the molecule is CC(=O)N(CC(=O)Nc1ccc(F)cc1F)c1ccc(Cl)cc1C. The van der Waals surface area contributed by atoms with Crippen LogP contribution in [0.25, 0.3) is 0 Å². The van der Waals surface area contributed by atoms with Gasteiger partial charge in [0, 0.05) is 23.7 Å². The number of halogens is 3. The Kier molecular flexibility index (Phi) is 5.51. The second-order valence-electron chi connectivity index (χ2n) is 5.21. The van der Waals surface area contributed by atoms with Crippen LogP contribution in [0, 0.1) is 18.6 Å². The van der Waals surface area contributed by atoms with Gasteiger partial charge < -0.3 is 10.2 Å². The largest absolute Gasteiger partial charge is 0.322 e. The maximum Gasteiger partial charge on any atom is 0.244 e. The molecule has 0 aromatic heterocycles. The summed E-state index contributed by atoms with van der Waals surface area (Å²) in [4.78, 5) is 25.2. The number of nitrogens with one attached hydrogen (secondary N) is 1. The minimum Gasteiger partial charge on any atom is -0.322 e. The second-order valence-corrected chi connectivity index (χ2v) is 5.64. The Morgan fingerprint density at radius 1 is 1.17 bits per heavy atom. The number of rotatable bonds is 4. The standard InChI is InChI=1S/C17H15ClF2N2O2/c1-10-7-12(18)3-6-16(10)22(11(2)23)9-17(24)21-15-5-4-13(19)8-14(15)20/h3-8H,9H2,1-2H3,(H,21,24). The molecule has 0 aliphatic carbocycles. The van der Waals surface area contributed by atoms with E-state index in [1.54, 1.807) is 25.1 Å². The Hall–Kier alpha value is -2.47. The molecule has 0 aliphatic heterocycles. The third kappa shape index (κ3) is 4.29. The van der Waals surface area contributed by atoms with Crippen LogP contribution < -0.4 is 10.2 Å². The molecule has 0 aliphatic rings. The highest BCUT2D eigenvalue weighted by atomic mass is 35.5. The summed E-state index contributed by atoms with van der Waals surface area (Å²) in [6.45, 7) is 2.77. The number of carbonyl (C=O) groups is 2. The zero-order valence-corrected chi connectivity index (χ0v) is 13.8. The molecule has 0 radical (unpaired) electrons. The highest BCUT2D eigenvalue weighted by Gasteiger charge is 2.18. The molecule has 2 rings (SSSR count). The van der Waals surface area contributed by atoms with Gasteiger partial charge >= 0.3 is 0 Å². The number of carbonyl (C=O) groups excluding carboxylic acids is 2. The van der Waals surface area contributed by atoms with Crippen molar-refractivity contribution in [1.29, 1.82) is 0 Å². The number of hydrogen-bond acceptors (Lipinski definition) is 2. The summed E-state index contributed by atoms with van der Waals surface area (Å²) in [5.74, 6) is -2.59. The summed E-state index contributed by atoms with van der Waals surface area (Å²) in [5, 5.41) is 2.83. The molecule has 7 heteroatoms. The van der Waals surface area contributed by atoms with Crippen molar-refractivity contribution in [2.45, 2.75) is 13.8 Å². The summed E-state index contributed by atoms with van der Waals surface area (Å²) in [6, 6.07) is 7.73. The lowest BCUT2D eigenvalue weighted by Crippen LogP contribution is -2.37. The van der Waals surface area contributed by atoms with Gasteiger partial charge in [-0.05, 0) is 42.8 Å². The van der Waals surface area contributed by atoms with Crippen molar-refractivity contribution in [3.05, 3.63) is 58.6 Å². The van der Waals surface area contributed by atoms with Gasteiger partial charge in [-0.1, -0.05) is 11.6 Å². The van der Waals surface area contributed by atoms with Gasteiger partial charge in [0.05, 0.1) is 5.69 Å². The van der Waals surface area contributed by atoms with Gasteiger partial charge in [0.25, 0.3) is 0 Å². The van der Waals surface area contributed by atoms with E-state index in [-0.39, 0.29) is 18.1 Å². The van der Waals surface area contributed by atoms with Crippen molar-refractivity contribution >= 4 is 34.8 Å². The maximum absolute atomic E-state index is 13.6. The predicted molar refractivity (Wildman–Crippen MR) is 89.2 cm³/mol. The highest BCUT2D eigenvalue weighted by Crippen LogP contribution is 2.24. The monoisotopic (exact) mass is 352 g/mol. The minimum atomic E-state index is -0.889. The first-order valence-corrected chi connectivity index (χ1v) is 7.45. The van der Waals surface area contributed by atoms with Crippen molar-refractivity contribution in [3.8, 4) is 0 Å². The van der Waals surface area contributed by atoms with Crippen LogP contribution in [0.3, 0.4) is 0 Å². The fourth-order valence-corrected chi connectivity index (χ4v) is 2.44. The van der Waals surface area contributed by atoms with Crippen molar-refractivity contribution in [1.82, 2.24) is 0 Å². The second kappa shape index (κ2) is 7.40. The Balaban J connectivity index is 2.18. The van der Waals surface area contributed by atoms with Crippen LogP contribution in [0.4, 0.5) is 20.2 Å². The first-order chi connectivity index (χ1) is 11.3. The third-order valence-electron chi connectivity index (χ3n) is 3.34. The van der Waals surface area contributed by atoms with Crippen LogP contribution in [0.1, 0.15) is 12.5 Å². The molecule has 0 fully saturated rings. The lowest BCUT2D eigenvalue weighted by molar-refractivity contribution is -0.120. The molecular weight excluding hydrogens is 338 g/mol. The molecule has 2 amide bonds. The lowest BCUT2D eigenvalue weighted by atomic mass is 10.1. The quantitative estimate of drug-likeness (QED) is 0.906. The van der Waals surface area contributed by atoms with Crippen LogP contribution in [-0.4, -0.2) is 18.4 Å². The topological polar surface area (TPSA) is 49.4 Å². The van der Waals surface area contributed by atoms with Gasteiger partial charge in [0.2, 0.25) is 11.8 Å². The summed E-state index contributed by atoms with van der Waals surface area (Å²) >= 11 is 5.89. The maximum atomic E-state index is 13.6. The number of benzene rings is 2. The molecule has 2 aromatic rings. The molecule has 2 aromatic carbocycles. The molecule has 0 atom stereocenters. The molecule has 0 spiro atoms. The van der Waals surface area contributed by atoms with Gasteiger partial charge in [-0.2, -0.15) is 0 Å². The van der Waals surface area contributed by atoms with E-state index in [2.05, 4.69) is 5.32 Å². The van der Waals surface area contributed by atoms with E-state index in [4.69, 9.17) is 11.6 Å². The molecule has 0 bridgehead atoms. The van der Waals surface area contributed by atoms with Crippen LogP contribution >= 0.6 is 11.6 Å². The van der Waals surface area contributed by atoms with E-state index in [1.165, 1.54) is 11.8 Å². The fourth-order valence-electron chi connectivity index (χ4n) is 2.21. The van der Waals surface area contributed by atoms with Crippen molar-refractivity contribution in [3.63, 3.8) is 0 Å². The zero-order chi connectivity index (χ0) is 17.9. The predicted octanol–water partition coefficient (Wildman–Crippen LogP) is 3.92. The molecule has 0 saturated heterocycles. The first-order valence-electron chi connectivity index (χ1n) is 7.07. The van der Waals surface area contributed by atoms with Crippen molar-refractivity contribution < 1.29 is 18.4 Å². The number of nitrogens with zero attached hydrogens (tertiary/aromatic N) is 1. The Labute approximate surface area is 143 Å². The number of aryl methyl sites for hydroxylation is 1. The van der Waals surface area contributed by atoms with E-state index < -0.39 is 17.5 Å². The van der Waals surface area contributed by atoms with Gasteiger partial charge in [-0.3, -0.25) is 9.59 Å².